The first-order valence-corrected chi connectivity index (χ1v) is 8.06. The molecule has 1 aromatic rings. The maximum absolute atomic E-state index is 12.3. The zero-order valence-corrected chi connectivity index (χ0v) is 13.4. The molecule has 0 aliphatic carbocycles. The van der Waals surface area contributed by atoms with Crippen molar-refractivity contribution in [2.45, 2.75) is 25.5 Å². The molecule has 1 saturated heterocycles. The van der Waals surface area contributed by atoms with Gasteiger partial charge in [0.05, 0.1) is 13.2 Å². The number of carbonyl (C=O) groups excluding carboxylic acids is 1. The highest BCUT2D eigenvalue weighted by Gasteiger charge is 2.29. The predicted octanol–water partition coefficient (Wildman–Crippen LogP) is 1.48. The molecule has 3 rings (SSSR count). The van der Waals surface area contributed by atoms with Gasteiger partial charge in [-0.25, -0.2) is 0 Å². The molecule has 0 unspecified atom stereocenters. The van der Waals surface area contributed by atoms with Gasteiger partial charge in [0.2, 0.25) is 0 Å². The van der Waals surface area contributed by atoms with Crippen molar-refractivity contribution in [3.63, 3.8) is 0 Å². The first-order chi connectivity index (χ1) is 10.6. The number of hydrogen-bond donors (Lipinski definition) is 1. The summed E-state index contributed by atoms with van der Waals surface area (Å²) < 4.78 is 11.0. The summed E-state index contributed by atoms with van der Waals surface area (Å²) in [5.41, 5.74) is 0.994. The third kappa shape index (κ3) is 3.54. The number of ether oxygens (including phenoxy) is 2. The number of fused-ring (bicyclic) bond motifs is 1. The fraction of sp³-hybridized carbons (Fsp3) is 0.562. The Labute approximate surface area is 135 Å². The molecule has 2 atom stereocenters. The van der Waals surface area contributed by atoms with E-state index >= 15 is 0 Å². The summed E-state index contributed by atoms with van der Waals surface area (Å²) in [6.07, 6.45) is 0.124. The van der Waals surface area contributed by atoms with Crippen molar-refractivity contribution < 1.29 is 14.3 Å². The van der Waals surface area contributed by atoms with Crippen LogP contribution in [0, 0.1) is 0 Å². The van der Waals surface area contributed by atoms with E-state index in [1.807, 2.05) is 12.1 Å². The smallest absolute Gasteiger partial charge is 0.261 e. The minimum atomic E-state index is -0.453. The van der Waals surface area contributed by atoms with Crippen LogP contribution in [0.4, 0.5) is 0 Å². The van der Waals surface area contributed by atoms with E-state index in [9.17, 15) is 4.79 Å². The molecule has 22 heavy (non-hydrogen) atoms. The average Bonchev–Trinajstić information content (AvgIpc) is 2.96. The number of nitrogens with one attached hydrogen (secondary N) is 1. The molecule has 5 nitrogen and oxygen atoms in total. The van der Waals surface area contributed by atoms with Crippen molar-refractivity contribution in [1.82, 2.24) is 10.2 Å². The molecule has 1 fully saturated rings. The van der Waals surface area contributed by atoms with Crippen LogP contribution < -0.4 is 10.1 Å². The van der Waals surface area contributed by atoms with E-state index in [1.165, 1.54) is 0 Å². The highest BCUT2D eigenvalue weighted by Crippen LogP contribution is 2.31. The minimum absolute atomic E-state index is 0.0626. The normalized spacial score (nSPS) is 22.7. The highest BCUT2D eigenvalue weighted by molar-refractivity contribution is 6.30. The number of benzene rings is 1. The van der Waals surface area contributed by atoms with Crippen molar-refractivity contribution in [1.29, 1.82) is 0 Å². The van der Waals surface area contributed by atoms with E-state index in [-0.39, 0.29) is 5.91 Å². The molecule has 0 aromatic heterocycles. The van der Waals surface area contributed by atoms with Gasteiger partial charge in [-0.1, -0.05) is 11.6 Å². The molecule has 1 aromatic carbocycles. The van der Waals surface area contributed by atoms with Crippen LogP contribution in [0.1, 0.15) is 12.5 Å². The summed E-state index contributed by atoms with van der Waals surface area (Å²) in [4.78, 5) is 14.6. The van der Waals surface area contributed by atoms with Crippen LogP contribution in [0.5, 0.6) is 5.75 Å². The Morgan fingerprint density at radius 1 is 1.45 bits per heavy atom. The summed E-state index contributed by atoms with van der Waals surface area (Å²) in [5.74, 6) is 0.693. The van der Waals surface area contributed by atoms with Gasteiger partial charge in [0, 0.05) is 37.1 Å². The predicted molar refractivity (Wildman–Crippen MR) is 84.4 cm³/mol. The summed E-state index contributed by atoms with van der Waals surface area (Å²) >= 11 is 5.97. The quantitative estimate of drug-likeness (QED) is 0.911. The number of carbonyl (C=O) groups is 1. The number of rotatable bonds is 4. The zero-order valence-electron chi connectivity index (χ0n) is 12.7. The number of halogens is 1. The molecule has 0 bridgehead atoms. The van der Waals surface area contributed by atoms with Crippen LogP contribution in [0.3, 0.4) is 0 Å². The van der Waals surface area contributed by atoms with Gasteiger partial charge in [0.15, 0.2) is 6.10 Å². The lowest BCUT2D eigenvalue weighted by atomic mass is 10.1. The number of hydrogen-bond acceptors (Lipinski definition) is 4. The zero-order chi connectivity index (χ0) is 15.5. The lowest BCUT2D eigenvalue weighted by Gasteiger charge is -2.32. The third-order valence-corrected chi connectivity index (χ3v) is 4.47. The lowest BCUT2D eigenvalue weighted by Crippen LogP contribution is -2.49. The summed E-state index contributed by atoms with van der Waals surface area (Å²) in [6, 6.07) is 5.76. The SMILES string of the molecule is C[C@H](CNC(=O)[C@@H]1Cc2cc(Cl)ccc2O1)N1CCOCC1. The Kier molecular flexibility index (Phi) is 4.86. The molecule has 0 radical (unpaired) electrons. The number of nitrogens with zero attached hydrogens (tertiary/aromatic N) is 1. The second-order valence-electron chi connectivity index (χ2n) is 5.81. The van der Waals surface area contributed by atoms with E-state index in [4.69, 9.17) is 21.1 Å². The largest absolute Gasteiger partial charge is 0.480 e. The minimum Gasteiger partial charge on any atom is -0.480 e. The molecule has 0 saturated carbocycles. The van der Waals surface area contributed by atoms with Gasteiger partial charge >= 0.3 is 0 Å². The van der Waals surface area contributed by atoms with E-state index in [1.54, 1.807) is 6.07 Å². The lowest BCUT2D eigenvalue weighted by molar-refractivity contribution is -0.127. The van der Waals surface area contributed by atoms with Crippen LogP contribution in [-0.4, -0.2) is 55.8 Å². The van der Waals surface area contributed by atoms with E-state index in [0.717, 1.165) is 37.6 Å². The van der Waals surface area contributed by atoms with Crippen molar-refractivity contribution in [3.8, 4) is 5.75 Å². The Hall–Kier alpha value is -1.30. The van der Waals surface area contributed by atoms with E-state index in [0.29, 0.717) is 24.0 Å². The van der Waals surface area contributed by atoms with Crippen molar-refractivity contribution >= 4 is 17.5 Å². The molecule has 6 heteroatoms. The molecule has 2 aliphatic heterocycles. The van der Waals surface area contributed by atoms with Crippen LogP contribution in [-0.2, 0) is 16.0 Å². The third-order valence-electron chi connectivity index (χ3n) is 4.23. The molecule has 1 N–H and O–H groups in total. The second kappa shape index (κ2) is 6.86. The van der Waals surface area contributed by atoms with Gasteiger partial charge in [-0.3, -0.25) is 9.69 Å². The number of morpholine rings is 1. The topological polar surface area (TPSA) is 50.8 Å². The summed E-state index contributed by atoms with van der Waals surface area (Å²) in [7, 11) is 0. The van der Waals surface area contributed by atoms with Crippen molar-refractivity contribution in [2.75, 3.05) is 32.8 Å². The van der Waals surface area contributed by atoms with Crippen LogP contribution in [0.2, 0.25) is 5.02 Å². The van der Waals surface area contributed by atoms with Crippen molar-refractivity contribution in [2.24, 2.45) is 0 Å². The fourth-order valence-corrected chi connectivity index (χ4v) is 3.07. The van der Waals surface area contributed by atoms with Crippen LogP contribution in [0.25, 0.3) is 0 Å². The maximum atomic E-state index is 12.3. The Balaban J connectivity index is 1.49. The van der Waals surface area contributed by atoms with Crippen LogP contribution >= 0.6 is 11.6 Å². The Morgan fingerprint density at radius 3 is 3.00 bits per heavy atom. The standard InChI is InChI=1S/C16H21ClN2O3/c1-11(19-4-6-21-7-5-19)10-18-16(20)15-9-12-8-13(17)2-3-14(12)22-15/h2-3,8,11,15H,4-7,9-10H2,1H3,(H,18,20)/t11-,15+/m1/s1. The molecule has 120 valence electrons. The molecule has 0 spiro atoms. The summed E-state index contributed by atoms with van der Waals surface area (Å²) in [6.45, 7) is 6.10. The molecular weight excluding hydrogens is 304 g/mol. The second-order valence-corrected chi connectivity index (χ2v) is 6.24. The molecule has 2 aliphatic rings. The van der Waals surface area contributed by atoms with E-state index in [2.05, 4.69) is 17.1 Å². The summed E-state index contributed by atoms with van der Waals surface area (Å²) in [5, 5.41) is 3.66. The van der Waals surface area contributed by atoms with Gasteiger partial charge in [-0.2, -0.15) is 0 Å². The molecule has 2 heterocycles. The monoisotopic (exact) mass is 324 g/mol. The molecular formula is C16H21ClN2O3. The van der Waals surface area contributed by atoms with Gasteiger partial charge < -0.3 is 14.8 Å². The first-order valence-electron chi connectivity index (χ1n) is 7.68. The number of amides is 1. The average molecular weight is 325 g/mol. The Bertz CT molecular complexity index is 546. The fourth-order valence-electron chi connectivity index (χ4n) is 2.87. The van der Waals surface area contributed by atoms with Gasteiger partial charge in [-0.05, 0) is 30.7 Å². The Morgan fingerprint density at radius 2 is 2.23 bits per heavy atom. The van der Waals surface area contributed by atoms with Crippen molar-refractivity contribution in [3.05, 3.63) is 28.8 Å². The van der Waals surface area contributed by atoms with Gasteiger partial charge in [0.1, 0.15) is 5.75 Å². The van der Waals surface area contributed by atoms with Gasteiger partial charge in [-0.15, -0.1) is 0 Å². The maximum Gasteiger partial charge on any atom is 0.261 e. The van der Waals surface area contributed by atoms with Gasteiger partial charge in [0.25, 0.3) is 5.91 Å². The van der Waals surface area contributed by atoms with Crippen LogP contribution in [0.15, 0.2) is 18.2 Å². The van der Waals surface area contributed by atoms with E-state index < -0.39 is 6.10 Å². The molecule has 1 amide bonds. The first kappa shape index (κ1) is 15.6. The highest BCUT2D eigenvalue weighted by atomic mass is 35.5.